The van der Waals surface area contributed by atoms with E-state index in [1.54, 1.807) is 0 Å². The number of anilines is 2. The average molecular weight is 296 g/mol. The van der Waals surface area contributed by atoms with Gasteiger partial charge in [0.25, 0.3) is 0 Å². The molecule has 2 atom stereocenters. The summed E-state index contributed by atoms with van der Waals surface area (Å²) in [6.07, 6.45) is 8.58. The third-order valence-corrected chi connectivity index (χ3v) is 4.32. The van der Waals surface area contributed by atoms with Gasteiger partial charge in [0.05, 0.1) is 5.69 Å². The Balaban J connectivity index is 1.87. The van der Waals surface area contributed by atoms with Crippen molar-refractivity contribution in [3.8, 4) is 0 Å². The van der Waals surface area contributed by atoms with Crippen LogP contribution in [0, 0.1) is 5.92 Å². The van der Waals surface area contributed by atoms with Crippen LogP contribution in [0.2, 0.25) is 0 Å². The minimum atomic E-state index is 0.597. The van der Waals surface area contributed by atoms with Crippen LogP contribution < -0.4 is 10.6 Å². The molecule has 1 aromatic rings. The van der Waals surface area contributed by atoms with Gasteiger partial charge in [-0.15, -0.1) is 0 Å². The first kappa shape index (κ1) is 11.3. The Morgan fingerprint density at radius 2 is 2.12 bits per heavy atom. The minimum absolute atomic E-state index is 0.597. The summed E-state index contributed by atoms with van der Waals surface area (Å²) in [6, 6.07) is 2.71. The molecule has 17 heavy (non-hydrogen) atoms. The number of hydrogen-bond donors (Lipinski definition) is 2. The normalized spacial score (nSPS) is 27.8. The Bertz CT molecular complexity index is 408. The van der Waals surface area contributed by atoms with E-state index in [0.29, 0.717) is 6.04 Å². The molecule has 1 aliphatic carbocycles. The minimum Gasteiger partial charge on any atom is -0.382 e. The summed E-state index contributed by atoms with van der Waals surface area (Å²) in [6.45, 7) is 1.07. The predicted molar refractivity (Wildman–Crippen MR) is 74.4 cm³/mol. The fraction of sp³-hybridized carbons (Fsp3) is 0.615. The summed E-state index contributed by atoms with van der Waals surface area (Å²) in [7, 11) is 0. The molecule has 2 unspecified atom stereocenters. The summed E-state index contributed by atoms with van der Waals surface area (Å²) >= 11 is 3.47. The van der Waals surface area contributed by atoms with E-state index < -0.39 is 0 Å². The number of aromatic nitrogens is 1. The van der Waals surface area contributed by atoms with Crippen LogP contribution in [0.1, 0.15) is 32.1 Å². The molecule has 2 aliphatic rings. The molecule has 0 radical (unpaired) electrons. The highest BCUT2D eigenvalue weighted by Crippen LogP contribution is 2.33. The highest BCUT2D eigenvalue weighted by Gasteiger charge is 2.27. The largest absolute Gasteiger partial charge is 0.382 e. The molecule has 0 saturated heterocycles. The SMILES string of the molecule is Brc1cnc2c(c1)NCC1CCCCCC1N2. The molecule has 1 aromatic heterocycles. The van der Waals surface area contributed by atoms with Crippen molar-refractivity contribution in [3.05, 3.63) is 16.7 Å². The van der Waals surface area contributed by atoms with Crippen molar-refractivity contribution < 1.29 is 0 Å². The van der Waals surface area contributed by atoms with Gasteiger partial charge >= 0.3 is 0 Å². The Morgan fingerprint density at radius 1 is 1.24 bits per heavy atom. The third-order valence-electron chi connectivity index (χ3n) is 3.89. The molecule has 0 amide bonds. The van der Waals surface area contributed by atoms with E-state index in [9.17, 15) is 0 Å². The van der Waals surface area contributed by atoms with E-state index in [1.165, 1.54) is 32.1 Å². The molecule has 1 fully saturated rings. The van der Waals surface area contributed by atoms with Crippen molar-refractivity contribution >= 4 is 27.4 Å². The number of hydrogen-bond acceptors (Lipinski definition) is 3. The van der Waals surface area contributed by atoms with E-state index in [-0.39, 0.29) is 0 Å². The van der Waals surface area contributed by atoms with Crippen molar-refractivity contribution in [2.45, 2.75) is 38.1 Å². The molecule has 2 heterocycles. The quantitative estimate of drug-likeness (QED) is 0.767. The average Bonchev–Trinajstić information content (AvgIpc) is 2.62. The lowest BCUT2D eigenvalue weighted by molar-refractivity contribution is 0.443. The number of halogens is 1. The molecule has 0 aromatic carbocycles. The van der Waals surface area contributed by atoms with Gasteiger partial charge < -0.3 is 10.6 Å². The van der Waals surface area contributed by atoms with Crippen LogP contribution >= 0.6 is 15.9 Å². The number of nitrogens with zero attached hydrogens (tertiary/aromatic N) is 1. The Morgan fingerprint density at radius 3 is 3.06 bits per heavy atom. The van der Waals surface area contributed by atoms with Gasteiger partial charge in [-0.05, 0) is 40.8 Å². The topological polar surface area (TPSA) is 37.0 Å². The van der Waals surface area contributed by atoms with Crippen LogP contribution in [0.5, 0.6) is 0 Å². The molecule has 3 rings (SSSR count). The second-order valence-corrected chi connectivity index (χ2v) is 6.00. The van der Waals surface area contributed by atoms with Crippen LogP contribution in [0.25, 0.3) is 0 Å². The van der Waals surface area contributed by atoms with Gasteiger partial charge in [0.2, 0.25) is 0 Å². The molecule has 0 spiro atoms. The van der Waals surface area contributed by atoms with Gasteiger partial charge in [0, 0.05) is 23.3 Å². The molecule has 92 valence electrons. The van der Waals surface area contributed by atoms with Crippen molar-refractivity contribution in [1.82, 2.24) is 4.98 Å². The molecule has 1 saturated carbocycles. The first-order valence-electron chi connectivity index (χ1n) is 6.49. The van der Waals surface area contributed by atoms with Crippen LogP contribution in [-0.4, -0.2) is 17.6 Å². The molecule has 1 aliphatic heterocycles. The maximum atomic E-state index is 4.48. The lowest BCUT2D eigenvalue weighted by atomic mass is 9.95. The summed E-state index contributed by atoms with van der Waals surface area (Å²) < 4.78 is 1.03. The van der Waals surface area contributed by atoms with Crippen LogP contribution in [0.3, 0.4) is 0 Å². The summed E-state index contributed by atoms with van der Waals surface area (Å²) in [5.41, 5.74) is 1.13. The van der Waals surface area contributed by atoms with E-state index in [2.05, 4.69) is 37.6 Å². The number of rotatable bonds is 0. The number of pyridine rings is 1. The van der Waals surface area contributed by atoms with Crippen molar-refractivity contribution in [1.29, 1.82) is 0 Å². The first-order chi connectivity index (χ1) is 8.33. The zero-order valence-corrected chi connectivity index (χ0v) is 11.5. The van der Waals surface area contributed by atoms with Crippen molar-refractivity contribution in [3.63, 3.8) is 0 Å². The third kappa shape index (κ3) is 2.41. The zero-order valence-electron chi connectivity index (χ0n) is 9.88. The van der Waals surface area contributed by atoms with Gasteiger partial charge in [-0.3, -0.25) is 0 Å². The molecule has 3 nitrogen and oxygen atoms in total. The van der Waals surface area contributed by atoms with Crippen molar-refractivity contribution in [2.24, 2.45) is 5.92 Å². The maximum absolute atomic E-state index is 4.48. The van der Waals surface area contributed by atoms with Crippen LogP contribution in [0.4, 0.5) is 11.5 Å². The molecule has 0 bridgehead atoms. The lowest BCUT2D eigenvalue weighted by Gasteiger charge is -2.23. The second-order valence-electron chi connectivity index (χ2n) is 5.08. The van der Waals surface area contributed by atoms with E-state index in [0.717, 1.165) is 28.4 Å². The zero-order chi connectivity index (χ0) is 11.7. The molecule has 2 N–H and O–H groups in total. The second kappa shape index (κ2) is 4.84. The molecular formula is C13H18BrN3. The van der Waals surface area contributed by atoms with Gasteiger partial charge in [0.15, 0.2) is 0 Å². The number of fused-ring (bicyclic) bond motifs is 2. The van der Waals surface area contributed by atoms with Crippen molar-refractivity contribution in [2.75, 3.05) is 17.2 Å². The molecular weight excluding hydrogens is 278 g/mol. The van der Waals surface area contributed by atoms with Crippen LogP contribution in [-0.2, 0) is 0 Å². The molecule has 4 heteroatoms. The van der Waals surface area contributed by atoms with Crippen LogP contribution in [0.15, 0.2) is 16.7 Å². The summed E-state index contributed by atoms with van der Waals surface area (Å²) in [4.78, 5) is 4.48. The van der Waals surface area contributed by atoms with E-state index in [1.807, 2.05) is 6.20 Å². The predicted octanol–water partition coefficient (Wildman–Crippen LogP) is 3.63. The van der Waals surface area contributed by atoms with Gasteiger partial charge in [-0.25, -0.2) is 4.98 Å². The van der Waals surface area contributed by atoms with E-state index in [4.69, 9.17) is 0 Å². The van der Waals surface area contributed by atoms with Gasteiger partial charge in [-0.1, -0.05) is 19.3 Å². The fourth-order valence-corrected chi connectivity index (χ4v) is 3.26. The standard InChI is InChI=1S/C13H18BrN3/c14-10-6-12-13(16-8-10)17-11-5-3-1-2-4-9(11)7-15-12/h6,8-9,11,15H,1-5,7H2,(H,16,17). The fourth-order valence-electron chi connectivity index (χ4n) is 2.92. The van der Waals surface area contributed by atoms with Gasteiger partial charge in [-0.2, -0.15) is 0 Å². The highest BCUT2D eigenvalue weighted by molar-refractivity contribution is 9.10. The van der Waals surface area contributed by atoms with E-state index >= 15 is 0 Å². The summed E-state index contributed by atoms with van der Waals surface area (Å²) in [5.74, 6) is 1.76. The smallest absolute Gasteiger partial charge is 0.149 e. The Kier molecular flexibility index (Phi) is 3.23. The summed E-state index contributed by atoms with van der Waals surface area (Å²) in [5, 5.41) is 7.17. The maximum Gasteiger partial charge on any atom is 0.149 e. The highest BCUT2D eigenvalue weighted by atomic mass is 79.9. The monoisotopic (exact) mass is 295 g/mol. The van der Waals surface area contributed by atoms with Gasteiger partial charge in [0.1, 0.15) is 5.82 Å². The first-order valence-corrected chi connectivity index (χ1v) is 7.28. The lowest BCUT2D eigenvalue weighted by Crippen LogP contribution is -2.30. The number of nitrogens with one attached hydrogen (secondary N) is 2. The Hall–Kier alpha value is -0.770. The Labute approximate surface area is 111 Å².